The van der Waals surface area contributed by atoms with E-state index >= 15 is 0 Å². The largest absolute Gasteiger partial charge is 0.398 e. The van der Waals surface area contributed by atoms with Crippen LogP contribution in [0.4, 0.5) is 10.1 Å². The molecule has 1 atom stereocenters. The summed E-state index contributed by atoms with van der Waals surface area (Å²) in [6.45, 7) is 1.73. The van der Waals surface area contributed by atoms with Gasteiger partial charge in [-0.2, -0.15) is 0 Å². The van der Waals surface area contributed by atoms with Crippen LogP contribution in [0.2, 0.25) is 0 Å². The van der Waals surface area contributed by atoms with E-state index in [9.17, 15) is 17.6 Å². The molecule has 0 radical (unpaired) electrons. The standard InChI is InChI=1S/C13H17FN2O3S2/c1-13(4-5-21(18,19)8-13)16-12(17)7-20-11-3-2-9(14)6-10(11)15/h2-3,6H,4-5,7-8,15H2,1H3,(H,16,17). The van der Waals surface area contributed by atoms with E-state index in [1.54, 1.807) is 6.92 Å². The smallest absolute Gasteiger partial charge is 0.230 e. The van der Waals surface area contributed by atoms with E-state index in [0.29, 0.717) is 11.3 Å². The van der Waals surface area contributed by atoms with Gasteiger partial charge in [-0.25, -0.2) is 12.8 Å². The van der Waals surface area contributed by atoms with Crippen molar-refractivity contribution in [1.82, 2.24) is 5.32 Å². The maximum Gasteiger partial charge on any atom is 0.230 e. The Hall–Kier alpha value is -1.28. The molecule has 1 aromatic carbocycles. The molecule has 1 heterocycles. The number of nitrogen functional groups attached to an aromatic ring is 1. The highest BCUT2D eigenvalue weighted by Crippen LogP contribution is 2.26. The monoisotopic (exact) mass is 332 g/mol. The molecule has 5 nitrogen and oxygen atoms in total. The van der Waals surface area contributed by atoms with Crippen LogP contribution in [0.1, 0.15) is 13.3 Å². The van der Waals surface area contributed by atoms with E-state index in [2.05, 4.69) is 5.32 Å². The summed E-state index contributed by atoms with van der Waals surface area (Å²) in [5, 5.41) is 2.76. The van der Waals surface area contributed by atoms with Crippen molar-refractivity contribution in [1.29, 1.82) is 0 Å². The normalized spacial score (nSPS) is 23.9. The highest BCUT2D eigenvalue weighted by atomic mass is 32.2. The SMILES string of the molecule is CC1(NC(=O)CSc2ccc(F)cc2N)CCS(=O)(=O)C1. The molecular weight excluding hydrogens is 315 g/mol. The maximum absolute atomic E-state index is 12.9. The van der Waals surface area contributed by atoms with Crippen LogP contribution in [0, 0.1) is 5.82 Å². The zero-order chi connectivity index (χ0) is 15.7. The number of nitrogens with two attached hydrogens (primary N) is 1. The molecule has 1 aliphatic heterocycles. The number of carbonyl (C=O) groups is 1. The Bertz CT molecular complexity index is 663. The van der Waals surface area contributed by atoms with Gasteiger partial charge < -0.3 is 11.1 Å². The van der Waals surface area contributed by atoms with E-state index in [-0.39, 0.29) is 28.9 Å². The van der Waals surface area contributed by atoms with Crippen LogP contribution in [0.25, 0.3) is 0 Å². The van der Waals surface area contributed by atoms with Crippen LogP contribution >= 0.6 is 11.8 Å². The van der Waals surface area contributed by atoms with Crippen LogP contribution in [-0.2, 0) is 14.6 Å². The van der Waals surface area contributed by atoms with E-state index < -0.39 is 21.2 Å². The van der Waals surface area contributed by atoms with E-state index in [0.717, 1.165) is 0 Å². The molecule has 0 aromatic heterocycles. The third-order valence-electron chi connectivity index (χ3n) is 3.28. The number of nitrogens with one attached hydrogen (secondary N) is 1. The number of rotatable bonds is 4. The van der Waals surface area contributed by atoms with Gasteiger partial charge in [0.25, 0.3) is 0 Å². The van der Waals surface area contributed by atoms with Crippen LogP contribution in [0.3, 0.4) is 0 Å². The predicted molar refractivity (Wildman–Crippen MR) is 81.4 cm³/mol. The molecule has 1 amide bonds. The number of benzene rings is 1. The van der Waals surface area contributed by atoms with Crippen molar-refractivity contribution in [3.8, 4) is 0 Å². The lowest BCUT2D eigenvalue weighted by Crippen LogP contribution is -2.47. The van der Waals surface area contributed by atoms with Gasteiger partial charge >= 0.3 is 0 Å². The van der Waals surface area contributed by atoms with Gasteiger partial charge in [-0.05, 0) is 31.5 Å². The molecule has 1 aliphatic rings. The van der Waals surface area contributed by atoms with Gasteiger partial charge in [-0.15, -0.1) is 11.8 Å². The summed E-state index contributed by atoms with van der Waals surface area (Å²) in [7, 11) is -3.06. The first-order chi connectivity index (χ1) is 9.69. The summed E-state index contributed by atoms with van der Waals surface area (Å²) in [6.07, 6.45) is 0.421. The Balaban J connectivity index is 1.91. The average molecular weight is 332 g/mol. The molecule has 0 aliphatic carbocycles. The van der Waals surface area contributed by atoms with Gasteiger partial charge in [0.05, 0.1) is 22.8 Å². The van der Waals surface area contributed by atoms with Crippen molar-refractivity contribution in [2.24, 2.45) is 0 Å². The predicted octanol–water partition coefficient (Wildman–Crippen LogP) is 1.19. The summed E-state index contributed by atoms with van der Waals surface area (Å²) < 4.78 is 35.9. The van der Waals surface area contributed by atoms with E-state index in [4.69, 9.17) is 5.73 Å². The number of thioether (sulfide) groups is 1. The first kappa shape index (κ1) is 16.1. The lowest BCUT2D eigenvalue weighted by atomic mass is 10.0. The summed E-state index contributed by atoms with van der Waals surface area (Å²) in [5.41, 5.74) is 5.24. The van der Waals surface area contributed by atoms with Crippen molar-refractivity contribution in [2.45, 2.75) is 23.8 Å². The molecule has 21 heavy (non-hydrogen) atoms. The minimum Gasteiger partial charge on any atom is -0.398 e. The molecule has 1 aromatic rings. The molecule has 1 unspecified atom stereocenters. The Morgan fingerprint density at radius 2 is 2.24 bits per heavy atom. The highest BCUT2D eigenvalue weighted by Gasteiger charge is 2.39. The zero-order valence-electron chi connectivity index (χ0n) is 11.6. The molecule has 0 bridgehead atoms. The van der Waals surface area contributed by atoms with Gasteiger partial charge in [-0.1, -0.05) is 0 Å². The molecule has 116 valence electrons. The molecular formula is C13H17FN2O3S2. The number of hydrogen-bond donors (Lipinski definition) is 2. The second kappa shape index (κ2) is 5.84. The Labute approximate surface area is 127 Å². The van der Waals surface area contributed by atoms with Crippen molar-refractivity contribution in [3.63, 3.8) is 0 Å². The Kier molecular flexibility index (Phi) is 4.48. The van der Waals surface area contributed by atoms with E-state index in [1.165, 1.54) is 30.0 Å². The minimum absolute atomic E-state index is 0.0326. The zero-order valence-corrected chi connectivity index (χ0v) is 13.2. The Morgan fingerprint density at radius 3 is 2.81 bits per heavy atom. The fourth-order valence-electron chi connectivity index (χ4n) is 2.28. The molecule has 3 N–H and O–H groups in total. The minimum atomic E-state index is -3.06. The molecule has 1 fully saturated rings. The van der Waals surface area contributed by atoms with Crippen LogP contribution in [-0.4, -0.2) is 37.1 Å². The first-order valence-electron chi connectivity index (χ1n) is 6.38. The van der Waals surface area contributed by atoms with Crippen molar-refractivity contribution < 1.29 is 17.6 Å². The fourth-order valence-corrected chi connectivity index (χ4v) is 5.12. The number of anilines is 1. The first-order valence-corrected chi connectivity index (χ1v) is 9.19. The molecule has 0 saturated carbocycles. The topological polar surface area (TPSA) is 89.3 Å². The van der Waals surface area contributed by atoms with Gasteiger partial charge in [0.2, 0.25) is 5.91 Å². The third kappa shape index (κ3) is 4.34. The van der Waals surface area contributed by atoms with Gasteiger partial charge in [0.1, 0.15) is 5.82 Å². The van der Waals surface area contributed by atoms with Crippen LogP contribution in [0.15, 0.2) is 23.1 Å². The second-order valence-corrected chi connectivity index (χ2v) is 8.62. The summed E-state index contributed by atoms with van der Waals surface area (Å²) in [6, 6.07) is 4.00. The number of carbonyl (C=O) groups excluding carboxylic acids is 1. The van der Waals surface area contributed by atoms with E-state index in [1.807, 2.05) is 0 Å². The number of amides is 1. The quantitative estimate of drug-likeness (QED) is 0.639. The molecule has 2 rings (SSSR count). The van der Waals surface area contributed by atoms with Gasteiger partial charge in [0.15, 0.2) is 9.84 Å². The number of hydrogen-bond acceptors (Lipinski definition) is 5. The van der Waals surface area contributed by atoms with Gasteiger partial charge in [-0.3, -0.25) is 4.79 Å². The summed E-state index contributed by atoms with van der Waals surface area (Å²) >= 11 is 1.19. The van der Waals surface area contributed by atoms with Crippen molar-refractivity contribution in [3.05, 3.63) is 24.0 Å². The van der Waals surface area contributed by atoms with Crippen molar-refractivity contribution >= 4 is 33.2 Å². The van der Waals surface area contributed by atoms with Crippen LogP contribution in [0.5, 0.6) is 0 Å². The summed E-state index contributed by atoms with van der Waals surface area (Å²) in [4.78, 5) is 12.5. The lowest BCUT2D eigenvalue weighted by molar-refractivity contribution is -0.120. The highest BCUT2D eigenvalue weighted by molar-refractivity contribution is 8.00. The molecule has 1 saturated heterocycles. The third-order valence-corrected chi connectivity index (χ3v) is 6.27. The molecule has 0 spiro atoms. The fraction of sp³-hybridized carbons (Fsp3) is 0.462. The molecule has 8 heteroatoms. The average Bonchev–Trinajstić information content (AvgIpc) is 2.62. The van der Waals surface area contributed by atoms with Crippen molar-refractivity contribution in [2.75, 3.05) is 23.0 Å². The second-order valence-electron chi connectivity index (χ2n) is 5.42. The lowest BCUT2D eigenvalue weighted by Gasteiger charge is -2.23. The van der Waals surface area contributed by atoms with Gasteiger partial charge in [0, 0.05) is 10.6 Å². The van der Waals surface area contributed by atoms with Crippen LogP contribution < -0.4 is 11.1 Å². The number of halogens is 1. The maximum atomic E-state index is 12.9. The summed E-state index contributed by atoms with van der Waals surface area (Å²) in [5.74, 6) is -0.518. The number of sulfone groups is 1. The Morgan fingerprint density at radius 1 is 1.52 bits per heavy atom.